The van der Waals surface area contributed by atoms with E-state index in [4.69, 9.17) is 4.74 Å². The van der Waals surface area contributed by atoms with Gasteiger partial charge in [0.25, 0.3) is 30.1 Å². The molecule has 0 unspecified atom stereocenters. The van der Waals surface area contributed by atoms with Crippen molar-refractivity contribution in [2.24, 2.45) is 0 Å². The fourth-order valence-corrected chi connectivity index (χ4v) is 16.6. The number of hydrogen-bond acceptors (Lipinski definition) is 17. The number of sulfonamides is 3. The molecule has 0 atom stereocenters. The summed E-state index contributed by atoms with van der Waals surface area (Å²) in [7, 11) is -11.8. The number of anilines is 3. The smallest absolute Gasteiger partial charge is 0.262 e. The van der Waals surface area contributed by atoms with Gasteiger partial charge in [-0.2, -0.15) is 0 Å². The number of benzene rings is 12. The maximum absolute atomic E-state index is 13.3. The fraction of sp³-hybridized carbons (Fsp3) is 0.0526. The molecule has 23 heteroatoms. The molecule has 0 bridgehead atoms. The molecule has 16 nitrogen and oxygen atoms in total. The molecule has 0 aliphatic rings. The number of aromatic hydroxyl groups is 3. The lowest BCUT2D eigenvalue weighted by atomic mass is 10.1. The minimum Gasteiger partial charge on any atom is -0.512 e. The SMILES string of the molecule is C=C(O)CSc1cc(NS(=O)(=O)c2cccc(Cc3ccccc3)c2)c2ccccc2c1O.C=C(O)CSc1cc(NS(=O)(=O)c2cccc(Oc3ccccc3)c2)c2ccccc2c1O.C=C(O)CSc1cc(NS(=O)(=O)c2cccc(Sc3ccccc3)c2)c2ccccc2c1O. The second-order valence-corrected chi connectivity index (χ2v) is 31.2. The standard InChI is InChI=1S/C26H23NO4S2.C25H21NO5S2.C25H21NO4S3/c1-18(28)17-32-25-16-24(22-12-5-6-13-23(22)26(25)29)27-33(30,31)21-11-7-10-20(15-21)14-19-8-3-2-4-9-19;1-17(27)16-32-24-15-23(21-12-5-6-13-22(21)25(24)28)26-33(29,30)20-11-7-10-19(14-20)31-18-8-3-2-4-9-18;1-17(27)16-31-24-15-23(21-12-5-6-13-22(21)25(24)28)26-33(29,30)20-11-7-10-19(14-20)32-18-8-3-2-4-9-18/h2-13,15-16,27-29H,1,14,17H2;2*2-15,26-28H,1,16H2. The average molecular weight is 1450 g/mol. The van der Waals surface area contributed by atoms with E-state index in [9.17, 15) is 55.9 Å². The van der Waals surface area contributed by atoms with Gasteiger partial charge in [-0.05, 0) is 102 Å². The minimum atomic E-state index is -3.97. The molecule has 0 aliphatic carbocycles. The zero-order valence-corrected chi connectivity index (χ0v) is 58.3. The van der Waals surface area contributed by atoms with Crippen molar-refractivity contribution in [3.05, 3.63) is 303 Å². The van der Waals surface area contributed by atoms with Crippen LogP contribution in [0.2, 0.25) is 0 Å². The number of phenolic OH excluding ortho intramolecular Hbond substituents is 3. The molecule has 0 aliphatic heterocycles. The first-order chi connectivity index (χ1) is 47.5. The summed E-state index contributed by atoms with van der Waals surface area (Å²) in [4.78, 5) is 3.45. The molecule has 0 saturated heterocycles. The van der Waals surface area contributed by atoms with Gasteiger partial charge < -0.3 is 35.4 Å². The molecule has 0 heterocycles. The van der Waals surface area contributed by atoms with Crippen molar-refractivity contribution in [1.29, 1.82) is 0 Å². The van der Waals surface area contributed by atoms with Crippen LogP contribution < -0.4 is 18.9 Å². The molecule has 12 aromatic carbocycles. The molecule has 0 saturated carbocycles. The summed E-state index contributed by atoms with van der Waals surface area (Å²) >= 11 is 4.98. The molecule has 12 rings (SSSR count). The number of hydrogen-bond donors (Lipinski definition) is 9. The summed E-state index contributed by atoms with van der Waals surface area (Å²) < 4.78 is 93.3. The normalized spacial score (nSPS) is 11.4. The van der Waals surface area contributed by atoms with Gasteiger partial charge in [0.1, 0.15) is 28.7 Å². The summed E-state index contributed by atoms with van der Waals surface area (Å²) in [5.74, 6) is 1.45. The highest BCUT2D eigenvalue weighted by atomic mass is 32.2. The van der Waals surface area contributed by atoms with Crippen LogP contribution in [0.3, 0.4) is 0 Å². The lowest BCUT2D eigenvalue weighted by Crippen LogP contribution is -2.13. The molecule has 99 heavy (non-hydrogen) atoms. The Balaban J connectivity index is 0.000000161. The van der Waals surface area contributed by atoms with Crippen LogP contribution in [0.15, 0.2) is 331 Å². The number of nitrogens with one attached hydrogen (secondary N) is 3. The van der Waals surface area contributed by atoms with Crippen molar-refractivity contribution < 1.29 is 60.6 Å². The molecule has 0 aromatic heterocycles. The second kappa shape index (κ2) is 32.5. The quantitative estimate of drug-likeness (QED) is 0.0155. The first-order valence-corrected chi connectivity index (χ1v) is 38.3. The Kier molecular flexibility index (Phi) is 23.5. The summed E-state index contributed by atoms with van der Waals surface area (Å²) in [5.41, 5.74) is 2.98. The maximum Gasteiger partial charge on any atom is 0.262 e. The zero-order valence-electron chi connectivity index (χ0n) is 52.6. The Labute approximate surface area is 591 Å². The lowest BCUT2D eigenvalue weighted by Gasteiger charge is -2.15. The highest BCUT2D eigenvalue weighted by molar-refractivity contribution is 8.00. The summed E-state index contributed by atoms with van der Waals surface area (Å²) in [6.45, 7) is 10.4. The predicted molar refractivity (Wildman–Crippen MR) is 402 cm³/mol. The summed E-state index contributed by atoms with van der Waals surface area (Å²) in [5, 5.41) is 63.5. The van der Waals surface area contributed by atoms with Crippen molar-refractivity contribution in [2.75, 3.05) is 31.4 Å². The van der Waals surface area contributed by atoms with E-state index < -0.39 is 30.1 Å². The van der Waals surface area contributed by atoms with Crippen molar-refractivity contribution in [3.63, 3.8) is 0 Å². The number of aliphatic hydroxyl groups is 3. The van der Waals surface area contributed by atoms with E-state index in [0.29, 0.717) is 82.0 Å². The topological polar surface area (TPSA) is 269 Å². The molecule has 0 spiro atoms. The van der Waals surface area contributed by atoms with Gasteiger partial charge in [0.15, 0.2) is 0 Å². The van der Waals surface area contributed by atoms with Gasteiger partial charge in [0.05, 0.1) is 81.0 Å². The van der Waals surface area contributed by atoms with Crippen molar-refractivity contribution in [2.45, 2.75) is 45.6 Å². The molecular formula is C76H65N3O13S7. The number of ether oxygens (including phenoxy) is 1. The highest BCUT2D eigenvalue weighted by Gasteiger charge is 2.24. The van der Waals surface area contributed by atoms with Crippen LogP contribution >= 0.6 is 47.0 Å². The monoisotopic (exact) mass is 1450 g/mol. The van der Waals surface area contributed by atoms with E-state index in [1.165, 1.54) is 47.4 Å². The van der Waals surface area contributed by atoms with Crippen LogP contribution in [0.5, 0.6) is 28.7 Å². The third kappa shape index (κ3) is 19.0. The van der Waals surface area contributed by atoms with Crippen molar-refractivity contribution in [3.8, 4) is 28.7 Å². The van der Waals surface area contributed by atoms with Crippen LogP contribution in [0.25, 0.3) is 32.3 Å². The Morgan fingerprint density at radius 1 is 0.343 bits per heavy atom. The molecule has 9 N–H and O–H groups in total. The summed E-state index contributed by atoms with van der Waals surface area (Å²) in [6, 6.07) is 74.2. The van der Waals surface area contributed by atoms with Gasteiger partial charge in [0, 0.05) is 48.2 Å². The van der Waals surface area contributed by atoms with Gasteiger partial charge in [0.2, 0.25) is 0 Å². The van der Waals surface area contributed by atoms with Crippen molar-refractivity contribution in [1.82, 2.24) is 0 Å². The largest absolute Gasteiger partial charge is 0.512 e. The van der Waals surface area contributed by atoms with Gasteiger partial charge >= 0.3 is 0 Å². The minimum absolute atomic E-state index is 0.0121. The number of thioether (sulfide) groups is 3. The van der Waals surface area contributed by atoms with E-state index in [0.717, 1.165) is 32.7 Å². The number of fused-ring (bicyclic) bond motifs is 3. The van der Waals surface area contributed by atoms with E-state index in [1.54, 1.807) is 152 Å². The average Bonchev–Trinajstić information content (AvgIpc) is 0.789. The molecule has 0 fully saturated rings. The van der Waals surface area contributed by atoms with Gasteiger partial charge in [-0.25, -0.2) is 25.3 Å². The lowest BCUT2D eigenvalue weighted by molar-refractivity contribution is 0.419. The van der Waals surface area contributed by atoms with Gasteiger partial charge in [-0.3, -0.25) is 14.2 Å². The fourth-order valence-electron chi connectivity index (χ4n) is 9.99. The zero-order chi connectivity index (χ0) is 70.3. The highest BCUT2D eigenvalue weighted by Crippen LogP contribution is 2.44. The number of phenols is 3. The number of para-hydroxylation sites is 1. The van der Waals surface area contributed by atoms with E-state index in [2.05, 4.69) is 33.9 Å². The maximum atomic E-state index is 13.3. The van der Waals surface area contributed by atoms with Crippen LogP contribution in [-0.4, -0.2) is 73.2 Å². The van der Waals surface area contributed by atoms with Gasteiger partial charge in [-0.15, -0.1) is 35.3 Å². The Morgan fingerprint density at radius 3 is 1.09 bits per heavy atom. The second-order valence-electron chi connectivity index (χ2n) is 21.9. The Bertz CT molecular complexity index is 4780. The number of aliphatic hydroxyl groups excluding tert-OH is 3. The van der Waals surface area contributed by atoms with Crippen molar-refractivity contribution >= 4 is 126 Å². The molecule has 12 aromatic rings. The summed E-state index contributed by atoms with van der Waals surface area (Å²) in [6.07, 6.45) is 0.623. The van der Waals surface area contributed by atoms with Crippen LogP contribution in [0.4, 0.5) is 17.1 Å². The predicted octanol–water partition coefficient (Wildman–Crippen LogP) is 19.1. The Morgan fingerprint density at radius 2 is 0.667 bits per heavy atom. The Hall–Kier alpha value is -10.1. The molecule has 0 amide bonds. The van der Waals surface area contributed by atoms with Crippen LogP contribution in [0.1, 0.15) is 11.1 Å². The molecular weight excluding hydrogens is 1390 g/mol. The molecule has 0 radical (unpaired) electrons. The van der Waals surface area contributed by atoms with E-state index in [1.807, 2.05) is 91.0 Å². The van der Waals surface area contributed by atoms with Gasteiger partial charge in [-0.1, -0.05) is 195 Å². The molecule has 504 valence electrons. The first kappa shape index (κ1) is 71.7. The first-order valence-electron chi connectivity index (χ1n) is 30.1. The van der Waals surface area contributed by atoms with E-state index >= 15 is 0 Å². The third-order valence-electron chi connectivity index (χ3n) is 14.5. The van der Waals surface area contributed by atoms with Crippen LogP contribution in [0, 0.1) is 0 Å². The third-order valence-corrected chi connectivity index (χ3v) is 22.9. The van der Waals surface area contributed by atoms with Crippen LogP contribution in [-0.2, 0) is 36.5 Å². The van der Waals surface area contributed by atoms with E-state index in [-0.39, 0.29) is 66.5 Å². The number of rotatable bonds is 24.